The number of nitrogens with two attached hydrogens (primary N) is 1. The molecule has 0 heterocycles. The predicted molar refractivity (Wildman–Crippen MR) is 73.5 cm³/mol. The van der Waals surface area contributed by atoms with E-state index in [0.717, 1.165) is 17.7 Å². The van der Waals surface area contributed by atoms with Crippen molar-refractivity contribution < 1.29 is 9.47 Å². The smallest absolute Gasteiger partial charge is 0.119 e. The standard InChI is InChI=1S/C13H19NO2S/c1-13(2,15-3)8-9-16-11-6-4-10(5-7-11)12(14)17/h4-7H,8-9H2,1-3H3,(H2,14,17). The van der Waals surface area contributed by atoms with Gasteiger partial charge in [0.1, 0.15) is 10.7 Å². The molecule has 2 N–H and O–H groups in total. The molecule has 0 unspecified atom stereocenters. The van der Waals surface area contributed by atoms with E-state index in [9.17, 15) is 0 Å². The molecule has 0 atom stereocenters. The Bertz CT molecular complexity index is 374. The van der Waals surface area contributed by atoms with Crippen molar-refractivity contribution in [3.8, 4) is 5.75 Å². The van der Waals surface area contributed by atoms with Crippen molar-refractivity contribution in [2.45, 2.75) is 25.9 Å². The minimum Gasteiger partial charge on any atom is -0.493 e. The molecule has 1 rings (SSSR count). The molecule has 0 radical (unpaired) electrons. The van der Waals surface area contributed by atoms with Crippen molar-refractivity contribution in [2.75, 3.05) is 13.7 Å². The van der Waals surface area contributed by atoms with Crippen molar-refractivity contribution in [2.24, 2.45) is 5.73 Å². The first-order chi connectivity index (χ1) is 7.94. The van der Waals surface area contributed by atoms with Crippen LogP contribution in [0.3, 0.4) is 0 Å². The fraction of sp³-hybridized carbons (Fsp3) is 0.462. The van der Waals surface area contributed by atoms with Gasteiger partial charge in [0.25, 0.3) is 0 Å². The van der Waals surface area contributed by atoms with Gasteiger partial charge in [-0.05, 0) is 38.1 Å². The van der Waals surface area contributed by atoms with Crippen LogP contribution < -0.4 is 10.5 Å². The predicted octanol–water partition coefficient (Wildman–Crippen LogP) is 2.51. The van der Waals surface area contributed by atoms with Crippen LogP contribution in [0, 0.1) is 0 Å². The topological polar surface area (TPSA) is 44.5 Å². The van der Waals surface area contributed by atoms with Crippen LogP contribution in [0.25, 0.3) is 0 Å². The number of hydrogen-bond acceptors (Lipinski definition) is 3. The van der Waals surface area contributed by atoms with Crippen LogP contribution in [0.4, 0.5) is 0 Å². The summed E-state index contributed by atoms with van der Waals surface area (Å²) in [5.74, 6) is 0.817. The zero-order valence-corrected chi connectivity index (χ0v) is 11.3. The monoisotopic (exact) mass is 253 g/mol. The van der Waals surface area contributed by atoms with E-state index >= 15 is 0 Å². The lowest BCUT2D eigenvalue weighted by Crippen LogP contribution is -2.25. The summed E-state index contributed by atoms with van der Waals surface area (Å²) in [6.45, 7) is 4.69. The Morgan fingerprint density at radius 2 is 1.88 bits per heavy atom. The summed E-state index contributed by atoms with van der Waals surface area (Å²) in [7, 11) is 1.71. The van der Waals surface area contributed by atoms with E-state index in [-0.39, 0.29) is 5.60 Å². The molecule has 94 valence electrons. The van der Waals surface area contributed by atoms with Crippen LogP contribution in [0.5, 0.6) is 5.75 Å². The van der Waals surface area contributed by atoms with Gasteiger partial charge in [0.15, 0.2) is 0 Å². The van der Waals surface area contributed by atoms with Gasteiger partial charge in [0, 0.05) is 19.1 Å². The number of methoxy groups -OCH3 is 1. The minimum atomic E-state index is -0.154. The lowest BCUT2D eigenvalue weighted by atomic mass is 10.1. The fourth-order valence-electron chi connectivity index (χ4n) is 1.23. The molecule has 1 aromatic carbocycles. The second kappa shape index (κ2) is 5.98. The van der Waals surface area contributed by atoms with Gasteiger partial charge in [-0.1, -0.05) is 12.2 Å². The van der Waals surface area contributed by atoms with Gasteiger partial charge in [-0.2, -0.15) is 0 Å². The second-order valence-corrected chi connectivity index (χ2v) is 4.89. The first-order valence-corrected chi connectivity index (χ1v) is 5.93. The first kappa shape index (κ1) is 13.9. The molecule has 0 spiro atoms. The Labute approximate surface area is 108 Å². The molecular weight excluding hydrogens is 234 g/mol. The molecule has 4 heteroatoms. The Hall–Kier alpha value is -1.13. The zero-order valence-electron chi connectivity index (χ0n) is 10.5. The van der Waals surface area contributed by atoms with Crippen molar-refractivity contribution in [3.05, 3.63) is 29.8 Å². The number of benzene rings is 1. The van der Waals surface area contributed by atoms with Crippen molar-refractivity contribution in [1.29, 1.82) is 0 Å². The third-order valence-electron chi connectivity index (χ3n) is 2.66. The van der Waals surface area contributed by atoms with Crippen molar-refractivity contribution >= 4 is 17.2 Å². The van der Waals surface area contributed by atoms with Crippen LogP contribution in [0.2, 0.25) is 0 Å². The van der Waals surface area contributed by atoms with E-state index < -0.39 is 0 Å². The first-order valence-electron chi connectivity index (χ1n) is 5.52. The van der Waals surface area contributed by atoms with Crippen LogP contribution in [-0.4, -0.2) is 24.3 Å². The second-order valence-electron chi connectivity index (χ2n) is 4.45. The molecule has 0 aliphatic carbocycles. The quantitative estimate of drug-likeness (QED) is 0.791. The maximum atomic E-state index is 5.61. The Kier molecular flexibility index (Phi) is 4.90. The number of rotatable bonds is 6. The largest absolute Gasteiger partial charge is 0.493 e. The van der Waals surface area contributed by atoms with E-state index in [0.29, 0.717) is 11.6 Å². The van der Waals surface area contributed by atoms with Crippen molar-refractivity contribution in [1.82, 2.24) is 0 Å². The SMILES string of the molecule is COC(C)(C)CCOc1ccc(C(N)=S)cc1. The minimum absolute atomic E-state index is 0.154. The highest BCUT2D eigenvalue weighted by Crippen LogP contribution is 2.16. The number of ether oxygens (including phenoxy) is 2. The van der Waals surface area contributed by atoms with E-state index in [1.165, 1.54) is 0 Å². The molecule has 0 aliphatic heterocycles. The Morgan fingerprint density at radius 1 is 1.29 bits per heavy atom. The van der Waals surface area contributed by atoms with E-state index in [2.05, 4.69) is 0 Å². The fourth-order valence-corrected chi connectivity index (χ4v) is 1.37. The van der Waals surface area contributed by atoms with Crippen molar-refractivity contribution in [3.63, 3.8) is 0 Å². The van der Waals surface area contributed by atoms with Gasteiger partial charge in [0.05, 0.1) is 12.2 Å². The molecule has 0 amide bonds. The average Bonchev–Trinajstić information content (AvgIpc) is 2.29. The normalized spacial score (nSPS) is 11.2. The zero-order chi connectivity index (χ0) is 12.9. The molecule has 0 aromatic heterocycles. The summed E-state index contributed by atoms with van der Waals surface area (Å²) < 4.78 is 10.9. The molecule has 1 aromatic rings. The van der Waals surface area contributed by atoms with Crippen LogP contribution in [0.15, 0.2) is 24.3 Å². The van der Waals surface area contributed by atoms with Crippen LogP contribution >= 0.6 is 12.2 Å². The molecule has 17 heavy (non-hydrogen) atoms. The highest BCUT2D eigenvalue weighted by molar-refractivity contribution is 7.80. The van der Waals surface area contributed by atoms with Crippen LogP contribution in [0.1, 0.15) is 25.8 Å². The maximum absolute atomic E-state index is 5.61. The van der Waals surface area contributed by atoms with Gasteiger partial charge >= 0.3 is 0 Å². The molecule has 0 bridgehead atoms. The van der Waals surface area contributed by atoms with Gasteiger partial charge in [-0.25, -0.2) is 0 Å². The third-order valence-corrected chi connectivity index (χ3v) is 2.90. The summed E-state index contributed by atoms with van der Waals surface area (Å²) in [5.41, 5.74) is 6.21. The molecule has 3 nitrogen and oxygen atoms in total. The molecule has 0 fully saturated rings. The average molecular weight is 253 g/mol. The summed E-state index contributed by atoms with van der Waals surface area (Å²) in [5, 5.41) is 0. The van der Waals surface area contributed by atoms with Gasteiger partial charge < -0.3 is 15.2 Å². The molecule has 0 aliphatic rings. The number of thiocarbonyl (C=S) groups is 1. The Morgan fingerprint density at radius 3 is 2.35 bits per heavy atom. The van der Waals surface area contributed by atoms with Crippen LogP contribution in [-0.2, 0) is 4.74 Å². The van der Waals surface area contributed by atoms with E-state index in [4.69, 9.17) is 27.4 Å². The lowest BCUT2D eigenvalue weighted by molar-refractivity contribution is 0.00546. The summed E-state index contributed by atoms with van der Waals surface area (Å²) in [4.78, 5) is 0.400. The number of hydrogen-bond donors (Lipinski definition) is 1. The summed E-state index contributed by atoms with van der Waals surface area (Å²) >= 11 is 4.88. The van der Waals surface area contributed by atoms with E-state index in [1.54, 1.807) is 7.11 Å². The van der Waals surface area contributed by atoms with Gasteiger partial charge in [-0.15, -0.1) is 0 Å². The Balaban J connectivity index is 2.45. The van der Waals surface area contributed by atoms with Gasteiger partial charge in [-0.3, -0.25) is 0 Å². The highest BCUT2D eigenvalue weighted by Gasteiger charge is 2.15. The summed E-state index contributed by atoms with van der Waals surface area (Å²) in [6.07, 6.45) is 0.834. The van der Waals surface area contributed by atoms with Gasteiger partial charge in [0.2, 0.25) is 0 Å². The lowest BCUT2D eigenvalue weighted by Gasteiger charge is -2.22. The maximum Gasteiger partial charge on any atom is 0.119 e. The molecule has 0 saturated heterocycles. The summed E-state index contributed by atoms with van der Waals surface area (Å²) in [6, 6.07) is 7.46. The highest BCUT2D eigenvalue weighted by atomic mass is 32.1. The molecule has 0 saturated carbocycles. The van der Waals surface area contributed by atoms with E-state index in [1.807, 2.05) is 38.1 Å². The molecular formula is C13H19NO2S. The third kappa shape index (κ3) is 4.71.